The Hall–Kier alpha value is -3.37. The van der Waals surface area contributed by atoms with Crippen LogP contribution in [0.5, 0.6) is 0 Å². The predicted octanol–water partition coefficient (Wildman–Crippen LogP) is 4.01. The Bertz CT molecular complexity index is 886. The molecule has 0 heterocycles. The highest BCUT2D eigenvalue weighted by Crippen LogP contribution is 2.21. The standard InChI is InChI=1S/C17H13ClN4O3/c1-11-2-3-13(18)8-16(11)21-17(23)12(9-19)10-20-14-4-6-15(7-5-14)22(24)25/h2-8,10,20H,1H3,(H,21,23)/b12-10-. The first-order valence-corrected chi connectivity index (χ1v) is 7.47. The number of aryl methyl sites for hydroxylation is 1. The van der Waals surface area contributed by atoms with E-state index in [-0.39, 0.29) is 11.3 Å². The molecule has 2 aromatic carbocycles. The smallest absolute Gasteiger partial charge is 0.269 e. The van der Waals surface area contributed by atoms with Crippen molar-refractivity contribution in [3.8, 4) is 6.07 Å². The zero-order valence-electron chi connectivity index (χ0n) is 13.1. The number of nitro groups is 1. The summed E-state index contributed by atoms with van der Waals surface area (Å²) >= 11 is 5.90. The van der Waals surface area contributed by atoms with Gasteiger partial charge in [0.1, 0.15) is 11.6 Å². The normalized spacial score (nSPS) is 10.7. The Balaban J connectivity index is 2.11. The van der Waals surface area contributed by atoms with Gasteiger partial charge in [0.25, 0.3) is 11.6 Å². The van der Waals surface area contributed by atoms with Crippen LogP contribution >= 0.6 is 11.6 Å². The lowest BCUT2D eigenvalue weighted by Gasteiger charge is -2.08. The lowest BCUT2D eigenvalue weighted by Crippen LogP contribution is -2.15. The van der Waals surface area contributed by atoms with E-state index >= 15 is 0 Å². The van der Waals surface area contributed by atoms with E-state index in [0.717, 1.165) is 5.56 Å². The van der Waals surface area contributed by atoms with E-state index in [2.05, 4.69) is 10.6 Å². The molecule has 0 aliphatic rings. The SMILES string of the molecule is Cc1ccc(Cl)cc1NC(=O)/C(C#N)=C\Nc1ccc([N+](=O)[O-])cc1. The molecule has 1 amide bonds. The van der Waals surface area contributed by atoms with Crippen molar-refractivity contribution in [1.82, 2.24) is 0 Å². The van der Waals surface area contributed by atoms with Crippen LogP contribution in [0.3, 0.4) is 0 Å². The van der Waals surface area contributed by atoms with E-state index in [1.807, 2.05) is 0 Å². The second kappa shape index (κ2) is 7.95. The first kappa shape index (κ1) is 18.0. The number of rotatable bonds is 5. The molecule has 0 aliphatic carbocycles. The van der Waals surface area contributed by atoms with Crippen LogP contribution < -0.4 is 10.6 Å². The maximum Gasteiger partial charge on any atom is 0.269 e. The molecule has 0 bridgehead atoms. The number of carbonyl (C=O) groups is 1. The molecule has 25 heavy (non-hydrogen) atoms. The number of nitrogens with zero attached hydrogens (tertiary/aromatic N) is 2. The van der Waals surface area contributed by atoms with Gasteiger partial charge in [-0.1, -0.05) is 17.7 Å². The maximum atomic E-state index is 12.2. The molecule has 8 heteroatoms. The fourth-order valence-electron chi connectivity index (χ4n) is 1.90. The third-order valence-electron chi connectivity index (χ3n) is 3.27. The largest absolute Gasteiger partial charge is 0.360 e. The molecule has 2 aromatic rings. The number of hydrogen-bond acceptors (Lipinski definition) is 5. The Labute approximate surface area is 148 Å². The van der Waals surface area contributed by atoms with E-state index in [1.54, 1.807) is 31.2 Å². The van der Waals surface area contributed by atoms with Crippen LogP contribution in [-0.2, 0) is 4.79 Å². The number of halogens is 1. The van der Waals surface area contributed by atoms with Crippen molar-refractivity contribution in [2.75, 3.05) is 10.6 Å². The molecule has 0 radical (unpaired) electrons. The van der Waals surface area contributed by atoms with E-state index in [4.69, 9.17) is 16.9 Å². The van der Waals surface area contributed by atoms with Gasteiger partial charge in [-0.2, -0.15) is 5.26 Å². The summed E-state index contributed by atoms with van der Waals surface area (Å²) in [4.78, 5) is 22.3. The number of hydrogen-bond donors (Lipinski definition) is 2. The minimum absolute atomic E-state index is 0.0517. The van der Waals surface area contributed by atoms with Crippen LogP contribution in [0.2, 0.25) is 5.02 Å². The van der Waals surface area contributed by atoms with Crippen LogP contribution in [0, 0.1) is 28.4 Å². The van der Waals surface area contributed by atoms with Crippen molar-refractivity contribution < 1.29 is 9.72 Å². The average Bonchev–Trinajstić information content (AvgIpc) is 2.59. The lowest BCUT2D eigenvalue weighted by molar-refractivity contribution is -0.384. The zero-order chi connectivity index (χ0) is 18.4. The summed E-state index contributed by atoms with van der Waals surface area (Å²) in [5, 5.41) is 25.6. The third kappa shape index (κ3) is 4.80. The van der Waals surface area contributed by atoms with Crippen molar-refractivity contribution in [3.63, 3.8) is 0 Å². The number of non-ortho nitro benzene ring substituents is 1. The molecule has 7 nitrogen and oxygen atoms in total. The monoisotopic (exact) mass is 356 g/mol. The van der Waals surface area contributed by atoms with Crippen LogP contribution in [-0.4, -0.2) is 10.8 Å². The van der Waals surface area contributed by atoms with Gasteiger partial charge in [-0.15, -0.1) is 0 Å². The molecular formula is C17H13ClN4O3. The van der Waals surface area contributed by atoms with Crippen LogP contribution in [0.25, 0.3) is 0 Å². The highest BCUT2D eigenvalue weighted by atomic mass is 35.5. The van der Waals surface area contributed by atoms with Crippen LogP contribution in [0.15, 0.2) is 54.2 Å². The van der Waals surface area contributed by atoms with Crippen molar-refractivity contribution in [3.05, 3.63) is 74.9 Å². The fourth-order valence-corrected chi connectivity index (χ4v) is 2.07. The number of amides is 1. The number of anilines is 2. The average molecular weight is 357 g/mol. The van der Waals surface area contributed by atoms with Crippen molar-refractivity contribution in [2.24, 2.45) is 0 Å². The molecule has 0 aliphatic heterocycles. The first-order valence-electron chi connectivity index (χ1n) is 7.09. The molecule has 0 aromatic heterocycles. The highest BCUT2D eigenvalue weighted by molar-refractivity contribution is 6.31. The topological polar surface area (TPSA) is 108 Å². The molecule has 0 saturated heterocycles. The van der Waals surface area contributed by atoms with Gasteiger partial charge < -0.3 is 10.6 Å². The van der Waals surface area contributed by atoms with Gasteiger partial charge in [0.2, 0.25) is 0 Å². The Kier molecular flexibility index (Phi) is 5.71. The van der Waals surface area contributed by atoms with Crippen molar-refractivity contribution >= 4 is 34.6 Å². The second-order valence-electron chi connectivity index (χ2n) is 5.03. The minimum Gasteiger partial charge on any atom is -0.360 e. The molecule has 0 saturated carbocycles. The summed E-state index contributed by atoms with van der Waals surface area (Å²) in [6, 6.07) is 12.4. The molecule has 0 atom stereocenters. The summed E-state index contributed by atoms with van der Waals surface area (Å²) < 4.78 is 0. The van der Waals surface area contributed by atoms with Gasteiger partial charge in [-0.05, 0) is 36.8 Å². The summed E-state index contributed by atoms with van der Waals surface area (Å²) in [5.74, 6) is -0.595. The maximum absolute atomic E-state index is 12.2. The number of nitriles is 1. The highest BCUT2D eigenvalue weighted by Gasteiger charge is 2.11. The van der Waals surface area contributed by atoms with Gasteiger partial charge >= 0.3 is 0 Å². The van der Waals surface area contributed by atoms with Gasteiger partial charge in [0.15, 0.2) is 0 Å². The number of nitrogens with one attached hydrogen (secondary N) is 2. The third-order valence-corrected chi connectivity index (χ3v) is 3.51. The van der Waals surface area contributed by atoms with Gasteiger partial charge in [0.05, 0.1) is 4.92 Å². The summed E-state index contributed by atoms with van der Waals surface area (Å²) in [7, 11) is 0. The van der Waals surface area contributed by atoms with Gasteiger partial charge in [0, 0.05) is 34.7 Å². The Morgan fingerprint density at radius 3 is 2.56 bits per heavy atom. The minimum atomic E-state index is -0.595. The van der Waals surface area contributed by atoms with Crippen molar-refractivity contribution in [2.45, 2.75) is 6.92 Å². The van der Waals surface area contributed by atoms with E-state index in [9.17, 15) is 14.9 Å². The fraction of sp³-hybridized carbons (Fsp3) is 0.0588. The molecule has 0 unspecified atom stereocenters. The Morgan fingerprint density at radius 1 is 1.28 bits per heavy atom. The molecule has 0 fully saturated rings. The molecule has 0 spiro atoms. The van der Waals surface area contributed by atoms with Crippen molar-refractivity contribution in [1.29, 1.82) is 5.26 Å². The van der Waals surface area contributed by atoms with E-state index < -0.39 is 10.8 Å². The van der Waals surface area contributed by atoms with Gasteiger partial charge in [-0.3, -0.25) is 14.9 Å². The van der Waals surface area contributed by atoms with E-state index in [0.29, 0.717) is 16.4 Å². The second-order valence-corrected chi connectivity index (χ2v) is 5.47. The number of benzene rings is 2. The molecule has 2 N–H and O–H groups in total. The molecule has 126 valence electrons. The summed E-state index contributed by atoms with van der Waals surface area (Å²) in [6.45, 7) is 1.80. The first-order chi connectivity index (χ1) is 11.9. The molecular weight excluding hydrogens is 344 g/mol. The van der Waals surface area contributed by atoms with Gasteiger partial charge in [-0.25, -0.2) is 0 Å². The van der Waals surface area contributed by atoms with Crippen LogP contribution in [0.4, 0.5) is 17.1 Å². The summed E-state index contributed by atoms with van der Waals surface area (Å²) in [5.41, 5.74) is 1.61. The van der Waals surface area contributed by atoms with E-state index in [1.165, 1.54) is 30.5 Å². The lowest BCUT2D eigenvalue weighted by atomic mass is 10.2. The Morgan fingerprint density at radius 2 is 1.96 bits per heavy atom. The van der Waals surface area contributed by atoms with Crippen LogP contribution in [0.1, 0.15) is 5.56 Å². The molecule has 2 rings (SSSR count). The zero-order valence-corrected chi connectivity index (χ0v) is 13.9. The number of nitro benzene ring substituents is 1. The predicted molar refractivity (Wildman–Crippen MR) is 95.2 cm³/mol. The summed E-state index contributed by atoms with van der Waals surface area (Å²) in [6.07, 6.45) is 1.23. The number of carbonyl (C=O) groups excluding carboxylic acids is 1. The quantitative estimate of drug-likeness (QED) is 0.364.